The van der Waals surface area contributed by atoms with Crippen molar-refractivity contribution in [1.82, 2.24) is 25.5 Å². The first-order chi connectivity index (χ1) is 10.7. The number of rotatable bonds is 8. The SMILES string of the molecule is CCn1nnnc1COc1ccc(C(=O)NCCOC)cc1. The Morgan fingerprint density at radius 1 is 1.32 bits per heavy atom. The maximum atomic E-state index is 11.8. The normalized spacial score (nSPS) is 10.5. The summed E-state index contributed by atoms with van der Waals surface area (Å²) in [6.45, 7) is 3.88. The fraction of sp³-hybridized carbons (Fsp3) is 0.429. The van der Waals surface area contributed by atoms with Crippen molar-refractivity contribution in [2.75, 3.05) is 20.3 Å². The van der Waals surface area contributed by atoms with E-state index in [4.69, 9.17) is 9.47 Å². The minimum atomic E-state index is -0.140. The minimum absolute atomic E-state index is 0.140. The molecule has 0 saturated heterocycles. The van der Waals surface area contributed by atoms with E-state index >= 15 is 0 Å². The van der Waals surface area contributed by atoms with E-state index < -0.39 is 0 Å². The van der Waals surface area contributed by atoms with Crippen molar-refractivity contribution in [3.63, 3.8) is 0 Å². The van der Waals surface area contributed by atoms with Gasteiger partial charge < -0.3 is 14.8 Å². The highest BCUT2D eigenvalue weighted by Crippen LogP contribution is 2.13. The van der Waals surface area contributed by atoms with Gasteiger partial charge in [-0.3, -0.25) is 4.79 Å². The van der Waals surface area contributed by atoms with Crippen molar-refractivity contribution in [3.8, 4) is 5.75 Å². The molecular weight excluding hydrogens is 286 g/mol. The lowest BCUT2D eigenvalue weighted by atomic mass is 10.2. The van der Waals surface area contributed by atoms with Gasteiger partial charge in [0.05, 0.1) is 6.61 Å². The number of hydrogen-bond acceptors (Lipinski definition) is 6. The molecule has 22 heavy (non-hydrogen) atoms. The standard InChI is InChI=1S/C14H19N5O3/c1-3-19-13(16-17-18-19)10-22-12-6-4-11(5-7-12)14(20)15-8-9-21-2/h4-7H,3,8-10H2,1-2H3,(H,15,20). The molecule has 0 aliphatic rings. The molecule has 2 rings (SSSR count). The molecule has 0 saturated carbocycles. The maximum absolute atomic E-state index is 11.8. The van der Waals surface area contributed by atoms with Crippen molar-refractivity contribution in [2.24, 2.45) is 0 Å². The fourth-order valence-corrected chi connectivity index (χ4v) is 1.79. The number of hydrogen-bond donors (Lipinski definition) is 1. The summed E-state index contributed by atoms with van der Waals surface area (Å²) in [5.74, 6) is 1.17. The Morgan fingerprint density at radius 3 is 2.77 bits per heavy atom. The lowest BCUT2D eigenvalue weighted by molar-refractivity contribution is 0.0937. The van der Waals surface area contributed by atoms with Crippen molar-refractivity contribution in [2.45, 2.75) is 20.1 Å². The van der Waals surface area contributed by atoms with Crippen LogP contribution < -0.4 is 10.1 Å². The van der Waals surface area contributed by atoms with E-state index in [2.05, 4.69) is 20.8 Å². The Labute approximate surface area is 128 Å². The molecule has 1 aromatic heterocycles. The third-order valence-corrected chi connectivity index (χ3v) is 2.98. The smallest absolute Gasteiger partial charge is 0.251 e. The first-order valence-corrected chi connectivity index (χ1v) is 6.99. The second kappa shape index (κ2) is 8.08. The van der Waals surface area contributed by atoms with E-state index in [0.29, 0.717) is 36.8 Å². The van der Waals surface area contributed by atoms with Gasteiger partial charge in [0.15, 0.2) is 5.82 Å². The van der Waals surface area contributed by atoms with E-state index in [1.165, 1.54) is 0 Å². The number of ether oxygens (including phenoxy) is 2. The molecule has 8 heteroatoms. The Hall–Kier alpha value is -2.48. The molecule has 0 atom stereocenters. The van der Waals surface area contributed by atoms with Crippen LogP contribution in [0.25, 0.3) is 0 Å². The number of benzene rings is 1. The topological polar surface area (TPSA) is 91.2 Å². The van der Waals surface area contributed by atoms with E-state index in [0.717, 1.165) is 0 Å². The second-order valence-electron chi connectivity index (χ2n) is 4.47. The van der Waals surface area contributed by atoms with Crippen LogP contribution in [-0.2, 0) is 17.9 Å². The molecule has 1 aromatic carbocycles. The van der Waals surface area contributed by atoms with E-state index in [-0.39, 0.29) is 12.5 Å². The van der Waals surface area contributed by atoms with E-state index in [1.54, 1.807) is 36.1 Å². The molecule has 2 aromatic rings. The molecule has 0 aliphatic heterocycles. The van der Waals surface area contributed by atoms with Crippen LogP contribution in [0.2, 0.25) is 0 Å². The van der Waals surface area contributed by atoms with Crippen LogP contribution in [0, 0.1) is 0 Å². The van der Waals surface area contributed by atoms with Gasteiger partial charge in [-0.25, -0.2) is 4.68 Å². The highest BCUT2D eigenvalue weighted by Gasteiger charge is 2.07. The average Bonchev–Trinajstić information content (AvgIpc) is 3.01. The van der Waals surface area contributed by atoms with Crippen LogP contribution in [-0.4, -0.2) is 46.4 Å². The first kappa shape index (κ1) is 15.9. The molecule has 0 unspecified atom stereocenters. The Balaban J connectivity index is 1.87. The summed E-state index contributed by atoms with van der Waals surface area (Å²) in [7, 11) is 1.59. The van der Waals surface area contributed by atoms with Gasteiger partial charge in [-0.1, -0.05) is 0 Å². The van der Waals surface area contributed by atoms with Crippen LogP contribution in [0.3, 0.4) is 0 Å². The van der Waals surface area contributed by atoms with Crippen molar-refractivity contribution >= 4 is 5.91 Å². The lowest BCUT2D eigenvalue weighted by Gasteiger charge is -2.07. The van der Waals surface area contributed by atoms with Gasteiger partial charge in [0.25, 0.3) is 5.91 Å². The molecule has 0 fully saturated rings. The highest BCUT2D eigenvalue weighted by molar-refractivity contribution is 5.94. The number of carbonyl (C=O) groups excluding carboxylic acids is 1. The van der Waals surface area contributed by atoms with Crippen LogP contribution in [0.4, 0.5) is 0 Å². The highest BCUT2D eigenvalue weighted by atomic mass is 16.5. The monoisotopic (exact) mass is 305 g/mol. The van der Waals surface area contributed by atoms with Crippen molar-refractivity contribution < 1.29 is 14.3 Å². The van der Waals surface area contributed by atoms with Gasteiger partial charge in [-0.05, 0) is 41.6 Å². The predicted molar refractivity (Wildman–Crippen MR) is 78.5 cm³/mol. The molecule has 118 valence electrons. The van der Waals surface area contributed by atoms with Gasteiger partial charge in [-0.2, -0.15) is 0 Å². The summed E-state index contributed by atoms with van der Waals surface area (Å²) in [6, 6.07) is 6.90. The molecule has 0 bridgehead atoms. The average molecular weight is 305 g/mol. The molecule has 0 aliphatic carbocycles. The number of nitrogens with one attached hydrogen (secondary N) is 1. The summed E-state index contributed by atoms with van der Waals surface area (Å²) >= 11 is 0. The number of amides is 1. The zero-order valence-electron chi connectivity index (χ0n) is 12.7. The number of aromatic nitrogens is 4. The molecule has 1 amide bonds. The Kier molecular flexibility index (Phi) is 5.84. The van der Waals surface area contributed by atoms with Gasteiger partial charge in [0, 0.05) is 25.8 Å². The summed E-state index contributed by atoms with van der Waals surface area (Å²) in [5, 5.41) is 14.1. The molecule has 1 N–H and O–H groups in total. The number of carbonyl (C=O) groups is 1. The first-order valence-electron chi connectivity index (χ1n) is 6.99. The largest absolute Gasteiger partial charge is 0.486 e. The molecule has 8 nitrogen and oxygen atoms in total. The fourth-order valence-electron chi connectivity index (χ4n) is 1.79. The Bertz CT molecular complexity index is 597. The summed E-state index contributed by atoms with van der Waals surface area (Å²) < 4.78 is 12.2. The summed E-state index contributed by atoms with van der Waals surface area (Å²) in [4.78, 5) is 11.8. The Morgan fingerprint density at radius 2 is 2.09 bits per heavy atom. The number of nitrogens with zero attached hydrogens (tertiary/aromatic N) is 4. The molecule has 0 radical (unpaired) electrons. The minimum Gasteiger partial charge on any atom is -0.486 e. The summed E-state index contributed by atoms with van der Waals surface area (Å²) in [6.07, 6.45) is 0. The molecule has 1 heterocycles. The van der Waals surface area contributed by atoms with Gasteiger partial charge >= 0.3 is 0 Å². The lowest BCUT2D eigenvalue weighted by Crippen LogP contribution is -2.26. The van der Waals surface area contributed by atoms with Gasteiger partial charge in [0.2, 0.25) is 0 Å². The number of tetrazole rings is 1. The zero-order valence-corrected chi connectivity index (χ0v) is 12.7. The third-order valence-electron chi connectivity index (χ3n) is 2.98. The van der Waals surface area contributed by atoms with Crippen LogP contribution in [0.5, 0.6) is 5.75 Å². The van der Waals surface area contributed by atoms with E-state index in [9.17, 15) is 4.79 Å². The number of methoxy groups -OCH3 is 1. The van der Waals surface area contributed by atoms with Gasteiger partial charge in [0.1, 0.15) is 12.4 Å². The zero-order chi connectivity index (χ0) is 15.8. The van der Waals surface area contributed by atoms with Crippen LogP contribution in [0.1, 0.15) is 23.1 Å². The quantitative estimate of drug-likeness (QED) is 0.720. The summed E-state index contributed by atoms with van der Waals surface area (Å²) in [5.41, 5.74) is 0.571. The maximum Gasteiger partial charge on any atom is 0.251 e. The van der Waals surface area contributed by atoms with Gasteiger partial charge in [-0.15, -0.1) is 5.10 Å². The van der Waals surface area contributed by atoms with Crippen LogP contribution >= 0.6 is 0 Å². The van der Waals surface area contributed by atoms with Crippen molar-refractivity contribution in [3.05, 3.63) is 35.7 Å². The van der Waals surface area contributed by atoms with E-state index in [1.807, 2.05) is 6.92 Å². The second-order valence-corrected chi connectivity index (χ2v) is 4.47. The van der Waals surface area contributed by atoms with Crippen molar-refractivity contribution in [1.29, 1.82) is 0 Å². The molecular formula is C14H19N5O3. The third kappa shape index (κ3) is 4.26. The van der Waals surface area contributed by atoms with Crippen LogP contribution in [0.15, 0.2) is 24.3 Å². The molecule has 0 spiro atoms. The number of aryl methyl sites for hydroxylation is 1. The predicted octanol–water partition coefficient (Wildman–Crippen LogP) is 0.648.